The van der Waals surface area contributed by atoms with Gasteiger partial charge in [0.05, 0.1) is 13.7 Å². The minimum absolute atomic E-state index is 0.259. The average Bonchev–Trinajstić information content (AvgIpc) is 2.61. The Morgan fingerprint density at radius 3 is 2.24 bits per heavy atom. The maximum atomic E-state index is 11.8. The summed E-state index contributed by atoms with van der Waals surface area (Å²) < 4.78 is 10.5. The average molecular weight is 363 g/mol. The number of halogens is 1. The summed E-state index contributed by atoms with van der Waals surface area (Å²) in [5, 5.41) is 5.83. The van der Waals surface area contributed by atoms with Crippen molar-refractivity contribution in [1.82, 2.24) is 5.32 Å². The molecule has 0 unspecified atom stereocenters. The van der Waals surface area contributed by atoms with Gasteiger partial charge in [0.2, 0.25) is 11.8 Å². The molecule has 0 atom stereocenters. The molecular formula is C18H19ClN2O4. The van der Waals surface area contributed by atoms with Crippen LogP contribution in [0.15, 0.2) is 48.5 Å². The number of hydrogen-bond acceptors (Lipinski definition) is 4. The van der Waals surface area contributed by atoms with Gasteiger partial charge < -0.3 is 20.1 Å². The zero-order chi connectivity index (χ0) is 18.1. The van der Waals surface area contributed by atoms with E-state index in [9.17, 15) is 9.59 Å². The van der Waals surface area contributed by atoms with Crippen molar-refractivity contribution in [1.29, 1.82) is 0 Å². The largest absolute Gasteiger partial charge is 0.497 e. The van der Waals surface area contributed by atoms with Crippen molar-refractivity contribution in [2.24, 2.45) is 0 Å². The molecule has 2 N–H and O–H groups in total. The van der Waals surface area contributed by atoms with E-state index >= 15 is 0 Å². The molecule has 0 heterocycles. The lowest BCUT2D eigenvalue weighted by Gasteiger charge is -2.09. The third-order valence-corrected chi connectivity index (χ3v) is 3.45. The number of ether oxygens (including phenoxy) is 2. The van der Waals surface area contributed by atoms with Gasteiger partial charge in [-0.3, -0.25) is 9.59 Å². The van der Waals surface area contributed by atoms with Gasteiger partial charge in [-0.15, -0.1) is 0 Å². The monoisotopic (exact) mass is 362 g/mol. The first-order valence-corrected chi connectivity index (χ1v) is 8.03. The van der Waals surface area contributed by atoms with Crippen molar-refractivity contribution < 1.29 is 19.1 Å². The number of benzene rings is 2. The molecule has 0 aromatic heterocycles. The van der Waals surface area contributed by atoms with Crippen LogP contribution in [0.5, 0.6) is 11.5 Å². The molecule has 0 spiro atoms. The normalized spacial score (nSPS) is 10.0. The van der Waals surface area contributed by atoms with E-state index in [1.165, 1.54) is 0 Å². The van der Waals surface area contributed by atoms with Crippen LogP contribution in [0.2, 0.25) is 5.02 Å². The van der Waals surface area contributed by atoms with Crippen LogP contribution >= 0.6 is 11.6 Å². The van der Waals surface area contributed by atoms with Crippen molar-refractivity contribution in [2.45, 2.75) is 6.42 Å². The van der Waals surface area contributed by atoms with Gasteiger partial charge in [-0.1, -0.05) is 11.6 Å². The summed E-state index contributed by atoms with van der Waals surface area (Å²) in [6.45, 7) is 0.607. The van der Waals surface area contributed by atoms with Gasteiger partial charge in [-0.25, -0.2) is 0 Å². The summed E-state index contributed by atoms with van der Waals surface area (Å²) in [6, 6.07) is 13.8. The summed E-state index contributed by atoms with van der Waals surface area (Å²) in [7, 11) is 1.59. The molecule has 0 aliphatic rings. The Labute approximate surface area is 151 Å². The van der Waals surface area contributed by atoms with E-state index in [-0.39, 0.29) is 12.3 Å². The fourth-order valence-electron chi connectivity index (χ4n) is 1.98. The lowest BCUT2D eigenvalue weighted by Crippen LogP contribution is -2.31. The topological polar surface area (TPSA) is 76.7 Å². The molecule has 2 aromatic carbocycles. The molecule has 7 heteroatoms. The summed E-state index contributed by atoms with van der Waals surface area (Å²) in [5.74, 6) is 0.656. The second-order valence-electron chi connectivity index (χ2n) is 5.11. The second kappa shape index (κ2) is 9.54. The molecule has 0 radical (unpaired) electrons. The number of methoxy groups -OCH3 is 1. The minimum Gasteiger partial charge on any atom is -0.497 e. The van der Waals surface area contributed by atoms with Crippen molar-refractivity contribution in [3.8, 4) is 11.5 Å². The van der Waals surface area contributed by atoms with Gasteiger partial charge in [0.15, 0.2) is 0 Å². The van der Waals surface area contributed by atoms with Crippen LogP contribution in [-0.4, -0.2) is 32.1 Å². The fraction of sp³-hybridized carbons (Fsp3) is 0.222. The minimum atomic E-state index is -0.393. The quantitative estimate of drug-likeness (QED) is 0.559. The highest BCUT2D eigenvalue weighted by Gasteiger charge is 2.09. The predicted octanol–water partition coefficient (Wildman–Crippen LogP) is 2.87. The number of hydrogen-bond donors (Lipinski definition) is 2. The molecule has 0 aliphatic carbocycles. The molecule has 0 bridgehead atoms. The van der Waals surface area contributed by atoms with Crippen LogP contribution in [0.25, 0.3) is 0 Å². The Morgan fingerprint density at radius 1 is 0.960 bits per heavy atom. The van der Waals surface area contributed by atoms with E-state index in [4.69, 9.17) is 21.1 Å². The maximum absolute atomic E-state index is 11.8. The maximum Gasteiger partial charge on any atom is 0.233 e. The third kappa shape index (κ3) is 6.73. The first-order chi connectivity index (χ1) is 12.1. The SMILES string of the molecule is COc1ccc(OCCNC(=O)CC(=O)Nc2ccc(Cl)cc2)cc1. The molecule has 0 aliphatic heterocycles. The Kier molecular flexibility index (Phi) is 7.10. The van der Waals surface area contributed by atoms with E-state index in [2.05, 4.69) is 10.6 Å². The smallest absolute Gasteiger partial charge is 0.233 e. The van der Waals surface area contributed by atoms with Crippen LogP contribution < -0.4 is 20.1 Å². The first-order valence-electron chi connectivity index (χ1n) is 7.66. The number of rotatable bonds is 8. The predicted molar refractivity (Wildman–Crippen MR) is 96.2 cm³/mol. The Bertz CT molecular complexity index is 702. The van der Waals surface area contributed by atoms with Gasteiger partial charge in [0.1, 0.15) is 24.5 Å². The highest BCUT2D eigenvalue weighted by atomic mass is 35.5. The summed E-state index contributed by atoms with van der Waals surface area (Å²) >= 11 is 5.77. The van der Waals surface area contributed by atoms with Crippen LogP contribution in [0.1, 0.15) is 6.42 Å². The van der Waals surface area contributed by atoms with E-state index < -0.39 is 5.91 Å². The molecule has 2 aromatic rings. The zero-order valence-corrected chi connectivity index (χ0v) is 14.5. The Balaban J connectivity index is 1.64. The van der Waals surface area contributed by atoms with Crippen molar-refractivity contribution >= 4 is 29.1 Å². The van der Waals surface area contributed by atoms with Crippen LogP contribution in [0.3, 0.4) is 0 Å². The van der Waals surface area contributed by atoms with E-state index in [0.29, 0.717) is 29.6 Å². The molecule has 2 amide bonds. The van der Waals surface area contributed by atoms with Crippen molar-refractivity contribution in [3.63, 3.8) is 0 Å². The molecule has 2 rings (SSSR count). The number of carbonyl (C=O) groups is 2. The number of anilines is 1. The van der Waals surface area contributed by atoms with Crippen LogP contribution in [0, 0.1) is 0 Å². The number of carbonyl (C=O) groups excluding carboxylic acids is 2. The van der Waals surface area contributed by atoms with Gasteiger partial charge in [0.25, 0.3) is 0 Å². The molecule has 132 valence electrons. The molecular weight excluding hydrogens is 344 g/mol. The molecule has 25 heavy (non-hydrogen) atoms. The summed E-state index contributed by atoms with van der Waals surface area (Å²) in [5.41, 5.74) is 0.588. The lowest BCUT2D eigenvalue weighted by atomic mass is 10.3. The van der Waals surface area contributed by atoms with Crippen molar-refractivity contribution in [2.75, 3.05) is 25.6 Å². The number of nitrogens with one attached hydrogen (secondary N) is 2. The standard InChI is InChI=1S/C18H19ClN2O4/c1-24-15-6-8-16(9-7-15)25-11-10-20-17(22)12-18(23)21-14-4-2-13(19)3-5-14/h2-9H,10-12H2,1H3,(H,20,22)(H,21,23). The van der Waals surface area contributed by atoms with E-state index in [1.807, 2.05) is 0 Å². The fourth-order valence-corrected chi connectivity index (χ4v) is 2.10. The van der Waals surface area contributed by atoms with Gasteiger partial charge in [0, 0.05) is 10.7 Å². The third-order valence-electron chi connectivity index (χ3n) is 3.20. The van der Waals surface area contributed by atoms with Crippen LogP contribution in [-0.2, 0) is 9.59 Å². The zero-order valence-electron chi connectivity index (χ0n) is 13.8. The first kappa shape index (κ1) is 18.6. The van der Waals surface area contributed by atoms with Gasteiger partial charge in [-0.05, 0) is 48.5 Å². The molecule has 0 saturated heterocycles. The second-order valence-corrected chi connectivity index (χ2v) is 5.54. The highest BCUT2D eigenvalue weighted by molar-refractivity contribution is 6.30. The van der Waals surface area contributed by atoms with Gasteiger partial charge >= 0.3 is 0 Å². The number of amides is 2. The van der Waals surface area contributed by atoms with Crippen molar-refractivity contribution in [3.05, 3.63) is 53.6 Å². The van der Waals surface area contributed by atoms with Gasteiger partial charge in [-0.2, -0.15) is 0 Å². The molecule has 0 fully saturated rings. The summed E-state index contributed by atoms with van der Waals surface area (Å²) in [4.78, 5) is 23.5. The lowest BCUT2D eigenvalue weighted by molar-refractivity contribution is -0.126. The molecule has 6 nitrogen and oxygen atoms in total. The van der Waals surface area contributed by atoms with E-state index in [1.54, 1.807) is 55.6 Å². The van der Waals surface area contributed by atoms with E-state index in [0.717, 1.165) is 5.75 Å². The Morgan fingerprint density at radius 2 is 1.60 bits per heavy atom. The Hall–Kier alpha value is -2.73. The highest BCUT2D eigenvalue weighted by Crippen LogP contribution is 2.16. The molecule has 0 saturated carbocycles. The van der Waals surface area contributed by atoms with Crippen LogP contribution in [0.4, 0.5) is 5.69 Å². The summed E-state index contributed by atoms with van der Waals surface area (Å²) in [6.07, 6.45) is -0.259.